The molecule has 1 aliphatic carbocycles. The zero-order valence-corrected chi connectivity index (χ0v) is 12.5. The molecule has 100 valence electrons. The Bertz CT molecular complexity index is 392. The molecule has 2 unspecified atom stereocenters. The highest BCUT2D eigenvalue weighted by molar-refractivity contribution is 9.10. The van der Waals surface area contributed by atoms with Crippen LogP contribution in [0, 0.1) is 11.7 Å². The van der Waals surface area contributed by atoms with Crippen molar-refractivity contribution in [2.75, 3.05) is 6.54 Å². The molecule has 1 saturated carbocycles. The zero-order valence-electron chi connectivity index (χ0n) is 10.9. The van der Waals surface area contributed by atoms with Gasteiger partial charge in [0.2, 0.25) is 0 Å². The summed E-state index contributed by atoms with van der Waals surface area (Å²) in [6, 6.07) is 6.03. The van der Waals surface area contributed by atoms with Gasteiger partial charge in [0.1, 0.15) is 5.82 Å². The third-order valence-corrected chi connectivity index (χ3v) is 4.46. The standard InChI is InChI=1S/C15H21BrFN/c1-2-18-15-6-4-3-5-12(15)9-11-7-8-14(17)13(16)10-11/h7-8,10,12,15,18H,2-6,9H2,1H3. The molecule has 0 aliphatic heterocycles. The second-order valence-corrected chi connectivity index (χ2v) is 6.02. The van der Waals surface area contributed by atoms with Crippen molar-refractivity contribution in [2.24, 2.45) is 5.92 Å². The molecule has 0 heterocycles. The maximum absolute atomic E-state index is 13.2. The number of halogens is 2. The van der Waals surface area contributed by atoms with Gasteiger partial charge in [-0.05, 0) is 65.4 Å². The molecule has 2 rings (SSSR count). The highest BCUT2D eigenvalue weighted by atomic mass is 79.9. The molecule has 0 amide bonds. The molecule has 2 atom stereocenters. The molecular weight excluding hydrogens is 293 g/mol. The minimum absolute atomic E-state index is 0.175. The van der Waals surface area contributed by atoms with Crippen LogP contribution in [0.1, 0.15) is 38.2 Å². The van der Waals surface area contributed by atoms with Gasteiger partial charge in [0.05, 0.1) is 4.47 Å². The van der Waals surface area contributed by atoms with Crippen molar-refractivity contribution >= 4 is 15.9 Å². The Labute approximate surface area is 117 Å². The molecule has 1 fully saturated rings. The van der Waals surface area contributed by atoms with Crippen LogP contribution in [-0.2, 0) is 6.42 Å². The van der Waals surface area contributed by atoms with Crippen LogP contribution >= 0.6 is 15.9 Å². The van der Waals surface area contributed by atoms with E-state index in [-0.39, 0.29) is 5.82 Å². The quantitative estimate of drug-likeness (QED) is 0.874. The average Bonchev–Trinajstić information content (AvgIpc) is 2.37. The normalized spacial score (nSPS) is 24.2. The van der Waals surface area contributed by atoms with Crippen molar-refractivity contribution in [3.63, 3.8) is 0 Å². The predicted molar refractivity (Wildman–Crippen MR) is 77.2 cm³/mol. The first-order valence-electron chi connectivity index (χ1n) is 6.88. The Morgan fingerprint density at radius 3 is 2.83 bits per heavy atom. The van der Waals surface area contributed by atoms with E-state index < -0.39 is 0 Å². The van der Waals surface area contributed by atoms with Crippen LogP contribution in [0.3, 0.4) is 0 Å². The Morgan fingerprint density at radius 1 is 1.33 bits per heavy atom. The monoisotopic (exact) mass is 313 g/mol. The van der Waals surface area contributed by atoms with E-state index >= 15 is 0 Å². The average molecular weight is 314 g/mol. The van der Waals surface area contributed by atoms with E-state index in [9.17, 15) is 4.39 Å². The lowest BCUT2D eigenvalue weighted by Crippen LogP contribution is -2.39. The molecule has 0 radical (unpaired) electrons. The smallest absolute Gasteiger partial charge is 0.137 e. The van der Waals surface area contributed by atoms with Gasteiger partial charge in [0.25, 0.3) is 0 Å². The first kappa shape index (κ1) is 14.0. The molecule has 1 N–H and O–H groups in total. The van der Waals surface area contributed by atoms with Gasteiger partial charge in [-0.1, -0.05) is 25.8 Å². The summed E-state index contributed by atoms with van der Waals surface area (Å²) in [6.45, 7) is 3.20. The molecule has 0 bridgehead atoms. The highest BCUT2D eigenvalue weighted by Crippen LogP contribution is 2.28. The predicted octanol–water partition coefficient (Wildman–Crippen LogP) is 4.30. The number of hydrogen-bond donors (Lipinski definition) is 1. The van der Waals surface area contributed by atoms with Gasteiger partial charge >= 0.3 is 0 Å². The first-order valence-corrected chi connectivity index (χ1v) is 7.67. The molecule has 1 aliphatic rings. The van der Waals surface area contributed by atoms with Crippen molar-refractivity contribution in [3.8, 4) is 0 Å². The Balaban J connectivity index is 2.03. The molecule has 1 aromatic carbocycles. The maximum Gasteiger partial charge on any atom is 0.137 e. The minimum atomic E-state index is -0.175. The van der Waals surface area contributed by atoms with Crippen LogP contribution in [0.25, 0.3) is 0 Å². The van der Waals surface area contributed by atoms with Crippen molar-refractivity contribution < 1.29 is 4.39 Å². The number of hydrogen-bond acceptors (Lipinski definition) is 1. The second kappa shape index (κ2) is 6.67. The van der Waals surface area contributed by atoms with Gasteiger partial charge in [-0.25, -0.2) is 4.39 Å². The Morgan fingerprint density at radius 2 is 2.11 bits per heavy atom. The van der Waals surface area contributed by atoms with E-state index in [2.05, 4.69) is 28.2 Å². The molecule has 1 nitrogen and oxygen atoms in total. The van der Waals surface area contributed by atoms with Gasteiger partial charge in [0, 0.05) is 6.04 Å². The van der Waals surface area contributed by atoms with Crippen LogP contribution in [0.4, 0.5) is 4.39 Å². The zero-order chi connectivity index (χ0) is 13.0. The van der Waals surface area contributed by atoms with Crippen molar-refractivity contribution in [1.29, 1.82) is 0 Å². The summed E-state index contributed by atoms with van der Waals surface area (Å²) < 4.78 is 13.8. The maximum atomic E-state index is 13.2. The molecule has 18 heavy (non-hydrogen) atoms. The van der Waals surface area contributed by atoms with Gasteiger partial charge in [-0.3, -0.25) is 0 Å². The first-order chi connectivity index (χ1) is 8.70. The van der Waals surface area contributed by atoms with Crippen LogP contribution in [0.2, 0.25) is 0 Å². The molecule has 0 saturated heterocycles. The molecule has 0 spiro atoms. The van der Waals surface area contributed by atoms with E-state index in [1.807, 2.05) is 12.1 Å². The van der Waals surface area contributed by atoms with Crippen LogP contribution in [0.5, 0.6) is 0 Å². The fourth-order valence-corrected chi connectivity index (χ4v) is 3.38. The molecule has 3 heteroatoms. The molecule has 0 aromatic heterocycles. The lowest BCUT2D eigenvalue weighted by Gasteiger charge is -2.32. The molecular formula is C15H21BrFN. The van der Waals surface area contributed by atoms with Crippen LogP contribution < -0.4 is 5.32 Å². The fraction of sp³-hybridized carbons (Fsp3) is 0.600. The van der Waals surface area contributed by atoms with E-state index in [0.29, 0.717) is 16.4 Å². The number of benzene rings is 1. The van der Waals surface area contributed by atoms with Gasteiger partial charge in [-0.2, -0.15) is 0 Å². The summed E-state index contributed by atoms with van der Waals surface area (Å²) in [5, 5.41) is 3.59. The van der Waals surface area contributed by atoms with E-state index in [1.54, 1.807) is 6.07 Å². The topological polar surface area (TPSA) is 12.0 Å². The number of rotatable bonds is 4. The van der Waals surface area contributed by atoms with E-state index in [0.717, 1.165) is 13.0 Å². The van der Waals surface area contributed by atoms with Gasteiger partial charge in [-0.15, -0.1) is 0 Å². The lowest BCUT2D eigenvalue weighted by molar-refractivity contribution is 0.264. The SMILES string of the molecule is CCNC1CCCCC1Cc1ccc(F)c(Br)c1. The Kier molecular flexibility index (Phi) is 5.19. The lowest BCUT2D eigenvalue weighted by atomic mass is 9.80. The van der Waals surface area contributed by atoms with Gasteiger partial charge in [0.15, 0.2) is 0 Å². The minimum Gasteiger partial charge on any atom is -0.314 e. The van der Waals surface area contributed by atoms with E-state index in [1.165, 1.54) is 31.2 Å². The van der Waals surface area contributed by atoms with E-state index in [4.69, 9.17) is 0 Å². The van der Waals surface area contributed by atoms with Crippen LogP contribution in [-0.4, -0.2) is 12.6 Å². The van der Waals surface area contributed by atoms with Gasteiger partial charge < -0.3 is 5.32 Å². The third kappa shape index (κ3) is 3.55. The summed E-state index contributed by atoms with van der Waals surface area (Å²) in [5.74, 6) is 0.515. The summed E-state index contributed by atoms with van der Waals surface area (Å²) in [5.41, 5.74) is 1.23. The summed E-state index contributed by atoms with van der Waals surface area (Å²) in [7, 11) is 0. The number of nitrogens with one attached hydrogen (secondary N) is 1. The highest BCUT2D eigenvalue weighted by Gasteiger charge is 2.24. The largest absolute Gasteiger partial charge is 0.314 e. The fourth-order valence-electron chi connectivity index (χ4n) is 2.95. The van der Waals surface area contributed by atoms with Crippen LogP contribution in [0.15, 0.2) is 22.7 Å². The third-order valence-electron chi connectivity index (χ3n) is 3.86. The molecule has 1 aromatic rings. The summed E-state index contributed by atoms with van der Waals surface area (Å²) in [4.78, 5) is 0. The van der Waals surface area contributed by atoms with Crippen molar-refractivity contribution in [3.05, 3.63) is 34.1 Å². The second-order valence-electron chi connectivity index (χ2n) is 5.16. The van der Waals surface area contributed by atoms with Crippen molar-refractivity contribution in [2.45, 2.75) is 45.1 Å². The van der Waals surface area contributed by atoms with Crippen molar-refractivity contribution in [1.82, 2.24) is 5.32 Å². The summed E-state index contributed by atoms with van der Waals surface area (Å²) >= 11 is 3.27. The Hall–Kier alpha value is -0.410. The summed E-state index contributed by atoms with van der Waals surface area (Å²) in [6.07, 6.45) is 6.28.